The Morgan fingerprint density at radius 3 is 3.06 bits per heavy atom. The second-order valence-corrected chi connectivity index (χ2v) is 4.34. The van der Waals surface area contributed by atoms with Gasteiger partial charge >= 0.3 is 0 Å². The molecule has 1 aliphatic rings. The van der Waals surface area contributed by atoms with Crippen LogP contribution in [0.2, 0.25) is 0 Å². The second kappa shape index (κ2) is 4.21. The molecule has 0 radical (unpaired) electrons. The molecule has 0 saturated heterocycles. The summed E-state index contributed by atoms with van der Waals surface area (Å²) in [5.41, 5.74) is 6.65. The van der Waals surface area contributed by atoms with Gasteiger partial charge in [0.1, 0.15) is 12.0 Å². The van der Waals surface area contributed by atoms with Crippen LogP contribution in [0.4, 0.5) is 0 Å². The average molecular weight is 231 g/mol. The van der Waals surface area contributed by atoms with Gasteiger partial charge in [0.2, 0.25) is 11.7 Å². The van der Waals surface area contributed by atoms with Gasteiger partial charge in [-0.3, -0.25) is 0 Å². The van der Waals surface area contributed by atoms with Crippen LogP contribution >= 0.6 is 0 Å². The first-order valence-corrected chi connectivity index (χ1v) is 5.68. The molecule has 2 aromatic rings. The molecule has 0 aromatic carbocycles. The lowest BCUT2D eigenvalue weighted by Gasteiger charge is -2.03. The highest BCUT2D eigenvalue weighted by molar-refractivity contribution is 5.46. The number of nitrogens with two attached hydrogens (primary N) is 1. The smallest absolute Gasteiger partial charge is 0.243 e. The fourth-order valence-electron chi connectivity index (χ4n) is 1.73. The van der Waals surface area contributed by atoms with Crippen LogP contribution in [0.25, 0.3) is 11.5 Å². The van der Waals surface area contributed by atoms with Crippen molar-refractivity contribution < 1.29 is 4.52 Å². The lowest BCUT2D eigenvalue weighted by Crippen LogP contribution is -2.11. The monoisotopic (exact) mass is 231 g/mol. The highest BCUT2D eigenvalue weighted by Gasteiger charge is 2.27. The Bertz CT molecular complexity index is 494. The van der Waals surface area contributed by atoms with Gasteiger partial charge in [0, 0.05) is 6.20 Å². The van der Waals surface area contributed by atoms with Crippen LogP contribution in [0, 0.1) is 5.92 Å². The first-order valence-electron chi connectivity index (χ1n) is 5.68. The Labute approximate surface area is 98.3 Å². The lowest BCUT2D eigenvalue weighted by molar-refractivity contribution is 0.344. The molecule has 0 amide bonds. The van der Waals surface area contributed by atoms with E-state index in [1.54, 1.807) is 12.3 Å². The van der Waals surface area contributed by atoms with Crippen LogP contribution in [-0.4, -0.2) is 20.1 Å². The van der Waals surface area contributed by atoms with Crippen molar-refractivity contribution in [3.63, 3.8) is 0 Å². The van der Waals surface area contributed by atoms with E-state index in [1.807, 2.05) is 0 Å². The average Bonchev–Trinajstić information content (AvgIpc) is 3.04. The molecule has 0 unspecified atom stereocenters. The van der Waals surface area contributed by atoms with Gasteiger partial charge in [-0.05, 0) is 18.4 Å². The van der Waals surface area contributed by atoms with Crippen molar-refractivity contribution in [2.24, 2.45) is 11.7 Å². The van der Waals surface area contributed by atoms with Crippen LogP contribution in [-0.2, 0) is 0 Å². The van der Waals surface area contributed by atoms with Crippen molar-refractivity contribution >= 4 is 0 Å². The fraction of sp³-hybridized carbons (Fsp3) is 0.455. The largest absolute Gasteiger partial charge is 0.337 e. The summed E-state index contributed by atoms with van der Waals surface area (Å²) < 4.78 is 5.16. The molecule has 2 aromatic heterocycles. The SMILES string of the molecule is N[C@@H](CC1CC1)c1nc(-c2ccncn2)no1. The maximum Gasteiger partial charge on any atom is 0.243 e. The van der Waals surface area contributed by atoms with Crippen molar-refractivity contribution in [1.82, 2.24) is 20.1 Å². The molecule has 0 spiro atoms. The zero-order valence-electron chi connectivity index (χ0n) is 9.28. The second-order valence-electron chi connectivity index (χ2n) is 4.34. The topological polar surface area (TPSA) is 90.7 Å². The van der Waals surface area contributed by atoms with Crippen LogP contribution in [0.5, 0.6) is 0 Å². The molecule has 17 heavy (non-hydrogen) atoms. The molecule has 1 atom stereocenters. The normalized spacial score (nSPS) is 17.0. The molecular weight excluding hydrogens is 218 g/mol. The summed E-state index contributed by atoms with van der Waals surface area (Å²) in [6, 6.07) is 1.58. The highest BCUT2D eigenvalue weighted by atomic mass is 16.5. The van der Waals surface area contributed by atoms with E-state index in [1.165, 1.54) is 19.2 Å². The summed E-state index contributed by atoms with van der Waals surface area (Å²) in [5, 5.41) is 3.88. The molecule has 0 aliphatic heterocycles. The van der Waals surface area contributed by atoms with Gasteiger partial charge in [-0.15, -0.1) is 0 Å². The van der Waals surface area contributed by atoms with Crippen molar-refractivity contribution in [3.05, 3.63) is 24.5 Å². The van der Waals surface area contributed by atoms with Crippen molar-refractivity contribution in [2.45, 2.75) is 25.3 Å². The number of aromatic nitrogens is 4. The van der Waals surface area contributed by atoms with Gasteiger partial charge in [0.15, 0.2) is 0 Å². The molecule has 2 heterocycles. The minimum atomic E-state index is -0.161. The highest BCUT2D eigenvalue weighted by Crippen LogP contribution is 2.36. The third-order valence-electron chi connectivity index (χ3n) is 2.85. The molecule has 1 fully saturated rings. The van der Waals surface area contributed by atoms with Gasteiger partial charge in [0.25, 0.3) is 0 Å². The Kier molecular flexibility index (Phi) is 2.56. The summed E-state index contributed by atoms with van der Waals surface area (Å²) in [6.07, 6.45) is 6.55. The quantitative estimate of drug-likeness (QED) is 0.853. The summed E-state index contributed by atoms with van der Waals surface area (Å²) in [4.78, 5) is 12.2. The molecule has 3 rings (SSSR count). The Morgan fingerprint density at radius 2 is 2.35 bits per heavy atom. The zero-order chi connectivity index (χ0) is 11.7. The minimum absolute atomic E-state index is 0.161. The summed E-state index contributed by atoms with van der Waals surface area (Å²) in [7, 11) is 0. The van der Waals surface area contributed by atoms with Crippen LogP contribution in [0.3, 0.4) is 0 Å². The summed E-state index contributed by atoms with van der Waals surface area (Å²) in [6.45, 7) is 0. The Hall–Kier alpha value is -1.82. The van der Waals surface area contributed by atoms with E-state index in [2.05, 4.69) is 20.1 Å². The Balaban J connectivity index is 1.77. The van der Waals surface area contributed by atoms with Gasteiger partial charge in [-0.25, -0.2) is 9.97 Å². The van der Waals surface area contributed by atoms with E-state index in [9.17, 15) is 0 Å². The maximum atomic E-state index is 6.00. The van der Waals surface area contributed by atoms with Gasteiger partial charge in [-0.2, -0.15) is 4.98 Å². The molecule has 2 N–H and O–H groups in total. The Morgan fingerprint density at radius 1 is 1.47 bits per heavy atom. The first-order chi connectivity index (χ1) is 8.33. The predicted octanol–water partition coefficient (Wildman–Crippen LogP) is 1.33. The molecule has 1 aliphatic carbocycles. The van der Waals surface area contributed by atoms with E-state index in [-0.39, 0.29) is 6.04 Å². The number of hydrogen-bond donors (Lipinski definition) is 1. The maximum absolute atomic E-state index is 6.00. The number of rotatable bonds is 4. The van der Waals surface area contributed by atoms with E-state index < -0.39 is 0 Å². The zero-order valence-corrected chi connectivity index (χ0v) is 9.28. The number of hydrogen-bond acceptors (Lipinski definition) is 6. The van der Waals surface area contributed by atoms with Gasteiger partial charge < -0.3 is 10.3 Å². The molecule has 1 saturated carbocycles. The fourth-order valence-corrected chi connectivity index (χ4v) is 1.73. The minimum Gasteiger partial charge on any atom is -0.337 e. The lowest BCUT2D eigenvalue weighted by atomic mass is 10.1. The van der Waals surface area contributed by atoms with Crippen molar-refractivity contribution in [1.29, 1.82) is 0 Å². The standard InChI is InChI=1S/C11H13N5O/c12-8(5-7-1-2-7)11-15-10(16-17-11)9-3-4-13-6-14-9/h3-4,6-8H,1-2,5,12H2/t8-/m0/s1. The van der Waals surface area contributed by atoms with Crippen LogP contribution < -0.4 is 5.73 Å². The van der Waals surface area contributed by atoms with Gasteiger partial charge in [0.05, 0.1) is 6.04 Å². The van der Waals surface area contributed by atoms with Crippen molar-refractivity contribution in [2.75, 3.05) is 0 Å². The van der Waals surface area contributed by atoms with Crippen molar-refractivity contribution in [3.8, 4) is 11.5 Å². The first kappa shape index (κ1) is 10.3. The molecular formula is C11H13N5O. The molecule has 88 valence electrons. The van der Waals surface area contributed by atoms with Crippen LogP contribution in [0.1, 0.15) is 31.2 Å². The molecule has 0 bridgehead atoms. The van der Waals surface area contributed by atoms with Crippen LogP contribution in [0.15, 0.2) is 23.1 Å². The van der Waals surface area contributed by atoms with E-state index in [4.69, 9.17) is 10.3 Å². The summed E-state index contributed by atoms with van der Waals surface area (Å²) >= 11 is 0. The number of nitrogens with zero attached hydrogens (tertiary/aromatic N) is 4. The third kappa shape index (κ3) is 2.31. The predicted molar refractivity (Wildman–Crippen MR) is 59.6 cm³/mol. The third-order valence-corrected chi connectivity index (χ3v) is 2.85. The van der Waals surface area contributed by atoms with E-state index >= 15 is 0 Å². The van der Waals surface area contributed by atoms with E-state index in [0.717, 1.165) is 12.3 Å². The van der Waals surface area contributed by atoms with E-state index in [0.29, 0.717) is 17.4 Å². The molecule has 6 nitrogen and oxygen atoms in total. The van der Waals surface area contributed by atoms with Gasteiger partial charge in [-0.1, -0.05) is 18.0 Å². The summed E-state index contributed by atoms with van der Waals surface area (Å²) in [5.74, 6) is 1.69. The molecule has 6 heteroatoms.